The molecule has 1 N–H and O–H groups in total. The van der Waals surface area contributed by atoms with Crippen LogP contribution in [-0.4, -0.2) is 36.8 Å². The number of rotatable bonds is 5. The van der Waals surface area contributed by atoms with Gasteiger partial charge >= 0.3 is 6.18 Å². The number of fused-ring (bicyclic) bond motifs is 2. The van der Waals surface area contributed by atoms with Crippen molar-refractivity contribution in [3.05, 3.63) is 76.6 Å². The average Bonchev–Trinajstić information content (AvgIpc) is 3.61. The van der Waals surface area contributed by atoms with E-state index in [0.717, 1.165) is 23.9 Å². The average molecular weight is 511 g/mol. The van der Waals surface area contributed by atoms with E-state index in [0.29, 0.717) is 27.7 Å². The molecule has 0 unspecified atom stereocenters. The van der Waals surface area contributed by atoms with Gasteiger partial charge in [0.1, 0.15) is 6.54 Å². The fraction of sp³-hybridized carbons (Fsp3) is 0.200. The molecule has 6 rings (SSSR count). The quantitative estimate of drug-likeness (QED) is 0.325. The van der Waals surface area contributed by atoms with Crippen molar-refractivity contribution in [3.63, 3.8) is 0 Å². The minimum Gasteiger partial charge on any atom is -0.345 e. The molecule has 0 atom stereocenters. The van der Waals surface area contributed by atoms with E-state index >= 15 is 0 Å². The predicted molar refractivity (Wildman–Crippen MR) is 132 cm³/mol. The van der Waals surface area contributed by atoms with Gasteiger partial charge < -0.3 is 9.88 Å². The van der Waals surface area contributed by atoms with Gasteiger partial charge in [0.2, 0.25) is 5.95 Å². The smallest absolute Gasteiger partial charge is 0.345 e. The van der Waals surface area contributed by atoms with Crippen molar-refractivity contribution >= 4 is 39.5 Å². The number of anilines is 1. The van der Waals surface area contributed by atoms with Crippen molar-refractivity contribution in [1.82, 2.24) is 24.1 Å². The molecule has 0 spiro atoms. The van der Waals surface area contributed by atoms with Crippen LogP contribution in [0.2, 0.25) is 5.02 Å². The summed E-state index contributed by atoms with van der Waals surface area (Å²) < 4.78 is 41.8. The van der Waals surface area contributed by atoms with Crippen LogP contribution in [0, 0.1) is 0 Å². The first kappa shape index (κ1) is 22.5. The van der Waals surface area contributed by atoms with Crippen LogP contribution in [0.3, 0.4) is 0 Å². The molecule has 7 nitrogen and oxygen atoms in total. The fourth-order valence-corrected chi connectivity index (χ4v) is 4.37. The van der Waals surface area contributed by atoms with E-state index in [-0.39, 0.29) is 22.6 Å². The van der Waals surface area contributed by atoms with E-state index in [1.54, 1.807) is 30.5 Å². The molecule has 1 fully saturated rings. The molecule has 0 saturated heterocycles. The number of nitrogens with zero attached hydrogens (tertiary/aromatic N) is 5. The van der Waals surface area contributed by atoms with Crippen LogP contribution in [0.15, 0.2) is 66.0 Å². The van der Waals surface area contributed by atoms with Gasteiger partial charge in [0.15, 0.2) is 0 Å². The molecule has 182 valence electrons. The number of hydrogen-bond acceptors (Lipinski definition) is 5. The highest BCUT2D eigenvalue weighted by Crippen LogP contribution is 2.37. The largest absolute Gasteiger partial charge is 0.405 e. The second kappa shape index (κ2) is 8.34. The first-order valence-corrected chi connectivity index (χ1v) is 11.6. The Morgan fingerprint density at radius 1 is 1.08 bits per heavy atom. The third-order valence-corrected chi connectivity index (χ3v) is 6.36. The van der Waals surface area contributed by atoms with Crippen LogP contribution < -0.4 is 10.9 Å². The van der Waals surface area contributed by atoms with Gasteiger partial charge in [-0.05, 0) is 48.7 Å². The van der Waals surface area contributed by atoms with E-state index in [1.165, 1.54) is 10.8 Å². The molecule has 0 radical (unpaired) electrons. The van der Waals surface area contributed by atoms with Crippen molar-refractivity contribution < 1.29 is 13.2 Å². The lowest BCUT2D eigenvalue weighted by Gasteiger charge is -2.14. The minimum absolute atomic E-state index is 0.220. The maximum absolute atomic E-state index is 13.8. The molecule has 0 aliphatic heterocycles. The van der Waals surface area contributed by atoms with Crippen molar-refractivity contribution in [2.24, 2.45) is 0 Å². The van der Waals surface area contributed by atoms with Crippen LogP contribution in [-0.2, 0) is 0 Å². The zero-order chi connectivity index (χ0) is 25.0. The highest BCUT2D eigenvalue weighted by Gasteiger charge is 2.27. The zero-order valence-electron chi connectivity index (χ0n) is 18.6. The van der Waals surface area contributed by atoms with E-state index < -0.39 is 12.7 Å². The topological polar surface area (TPSA) is 77.6 Å². The Balaban J connectivity index is 1.55. The highest BCUT2D eigenvalue weighted by molar-refractivity contribution is 6.30. The van der Waals surface area contributed by atoms with E-state index in [4.69, 9.17) is 11.6 Å². The van der Waals surface area contributed by atoms with Gasteiger partial charge in [0, 0.05) is 28.8 Å². The minimum atomic E-state index is -4.44. The number of alkyl halides is 3. The van der Waals surface area contributed by atoms with Gasteiger partial charge in [-0.15, -0.1) is 0 Å². The summed E-state index contributed by atoms with van der Waals surface area (Å²) in [5.74, 6) is -0.220. The summed E-state index contributed by atoms with van der Waals surface area (Å²) in [7, 11) is 0. The summed E-state index contributed by atoms with van der Waals surface area (Å²) in [5, 5.41) is 3.16. The van der Waals surface area contributed by atoms with Gasteiger partial charge in [-0.2, -0.15) is 13.2 Å². The summed E-state index contributed by atoms with van der Waals surface area (Å²) in [4.78, 5) is 26.6. The number of benzene rings is 2. The third-order valence-electron chi connectivity index (χ3n) is 6.11. The Hall–Kier alpha value is -3.92. The van der Waals surface area contributed by atoms with Crippen molar-refractivity contribution in [2.75, 3.05) is 11.9 Å². The Morgan fingerprint density at radius 2 is 1.86 bits per heavy atom. The standard InChI is InChI=1S/C25H18ClF3N6O/c26-16-3-1-14(2-4-16)21-22-15(10-30-24(33-22)31-12-25(27,28)29)11-34(23(21)36)18-7-8-19-20(9-18)35(13-32-19)17-5-6-17/h1-4,7-11,13,17H,5-6,12H2,(H,31,33). The molecule has 36 heavy (non-hydrogen) atoms. The highest BCUT2D eigenvalue weighted by atomic mass is 35.5. The third kappa shape index (κ3) is 4.17. The molecule has 1 saturated carbocycles. The van der Waals surface area contributed by atoms with Crippen LogP contribution >= 0.6 is 11.6 Å². The normalized spacial score (nSPS) is 14.0. The van der Waals surface area contributed by atoms with Crippen molar-refractivity contribution in [3.8, 4) is 16.8 Å². The van der Waals surface area contributed by atoms with Crippen LogP contribution in [0.25, 0.3) is 38.8 Å². The number of aromatic nitrogens is 5. The Morgan fingerprint density at radius 3 is 2.58 bits per heavy atom. The van der Waals surface area contributed by atoms with E-state index in [9.17, 15) is 18.0 Å². The summed E-state index contributed by atoms with van der Waals surface area (Å²) in [6.45, 7) is -1.29. The molecule has 3 aromatic heterocycles. The molecule has 2 aromatic carbocycles. The fourth-order valence-electron chi connectivity index (χ4n) is 4.25. The summed E-state index contributed by atoms with van der Waals surface area (Å²) in [5.41, 5.74) is 3.03. The van der Waals surface area contributed by atoms with Crippen molar-refractivity contribution in [2.45, 2.75) is 25.1 Å². The zero-order valence-corrected chi connectivity index (χ0v) is 19.4. The SMILES string of the molecule is O=c1c(-c2ccc(Cl)cc2)c2nc(NCC(F)(F)F)ncc2cn1-c1ccc2ncn(C3CC3)c2c1. The molecule has 1 aliphatic rings. The van der Waals surface area contributed by atoms with E-state index in [2.05, 4.69) is 24.8 Å². The second-order valence-electron chi connectivity index (χ2n) is 8.71. The van der Waals surface area contributed by atoms with Crippen LogP contribution in [0.4, 0.5) is 19.1 Å². The lowest BCUT2D eigenvalue weighted by Crippen LogP contribution is -2.23. The Labute approximate surface area is 207 Å². The number of pyridine rings is 1. The predicted octanol–water partition coefficient (Wildman–Crippen LogP) is 5.76. The molecule has 1 aliphatic carbocycles. The number of halogens is 4. The molecule has 5 aromatic rings. The summed E-state index contributed by atoms with van der Waals surface area (Å²) >= 11 is 6.05. The van der Waals surface area contributed by atoms with E-state index in [1.807, 2.05) is 24.5 Å². The maximum Gasteiger partial charge on any atom is 0.405 e. The lowest BCUT2D eigenvalue weighted by atomic mass is 10.0. The molecule has 0 amide bonds. The first-order valence-electron chi connectivity index (χ1n) is 11.2. The monoisotopic (exact) mass is 510 g/mol. The summed E-state index contributed by atoms with van der Waals surface area (Å²) in [6.07, 6.45) is 2.57. The van der Waals surface area contributed by atoms with Crippen LogP contribution in [0.1, 0.15) is 18.9 Å². The Bertz CT molecular complexity index is 1670. The molecule has 3 heterocycles. The van der Waals surface area contributed by atoms with Gasteiger partial charge in [0.05, 0.1) is 34.1 Å². The molecular weight excluding hydrogens is 493 g/mol. The molecule has 11 heteroatoms. The van der Waals surface area contributed by atoms with Crippen LogP contribution in [0.5, 0.6) is 0 Å². The lowest BCUT2D eigenvalue weighted by molar-refractivity contribution is -0.115. The van der Waals surface area contributed by atoms with Gasteiger partial charge in [-0.3, -0.25) is 9.36 Å². The van der Waals surface area contributed by atoms with Gasteiger partial charge in [-0.1, -0.05) is 23.7 Å². The molecule has 0 bridgehead atoms. The van der Waals surface area contributed by atoms with Gasteiger partial charge in [0.25, 0.3) is 5.56 Å². The molecular formula is C25H18ClF3N6O. The maximum atomic E-state index is 13.8. The van der Waals surface area contributed by atoms with Crippen molar-refractivity contribution in [1.29, 1.82) is 0 Å². The number of imidazole rings is 1. The van der Waals surface area contributed by atoms with Gasteiger partial charge in [-0.25, -0.2) is 15.0 Å². The summed E-state index contributed by atoms with van der Waals surface area (Å²) in [6, 6.07) is 12.7. The number of nitrogens with one attached hydrogen (secondary N) is 1. The number of hydrogen-bond donors (Lipinski definition) is 1. The second-order valence-corrected chi connectivity index (χ2v) is 9.14. The Kier molecular flexibility index (Phi) is 5.22. The first-order chi connectivity index (χ1) is 17.3.